The normalized spacial score (nSPS) is 17.1. The summed E-state index contributed by atoms with van der Waals surface area (Å²) in [6.07, 6.45) is 1.62. The third-order valence-electron chi connectivity index (χ3n) is 5.67. The Morgan fingerprint density at radius 1 is 1.14 bits per heavy atom. The fourth-order valence-corrected chi connectivity index (χ4v) is 5.14. The van der Waals surface area contributed by atoms with Crippen LogP contribution in [0.15, 0.2) is 85.0 Å². The summed E-state index contributed by atoms with van der Waals surface area (Å²) in [7, 11) is 0. The summed E-state index contributed by atoms with van der Waals surface area (Å²) >= 11 is 7.06. The van der Waals surface area contributed by atoms with Gasteiger partial charge in [0.05, 0.1) is 21.8 Å². The number of thiazole rings is 1. The van der Waals surface area contributed by atoms with Crippen LogP contribution in [0.4, 0.5) is 9.52 Å². The van der Waals surface area contributed by atoms with Crippen LogP contribution in [0.2, 0.25) is 5.02 Å². The van der Waals surface area contributed by atoms with Crippen LogP contribution in [-0.2, 0) is 9.59 Å². The largest absolute Gasteiger partial charge is 0.507 e. The van der Waals surface area contributed by atoms with E-state index in [0.29, 0.717) is 38.7 Å². The van der Waals surface area contributed by atoms with Gasteiger partial charge in [-0.1, -0.05) is 47.7 Å². The van der Waals surface area contributed by atoms with E-state index in [9.17, 15) is 19.1 Å². The van der Waals surface area contributed by atoms with E-state index in [1.165, 1.54) is 23.1 Å². The van der Waals surface area contributed by atoms with Gasteiger partial charge in [0.2, 0.25) is 0 Å². The third-order valence-corrected chi connectivity index (χ3v) is 6.94. The Morgan fingerprint density at radius 2 is 1.86 bits per heavy atom. The monoisotopic (exact) mass is 520 g/mol. The number of nitrogens with zero attached hydrogens (tertiary/aromatic N) is 2. The van der Waals surface area contributed by atoms with Gasteiger partial charge in [0.1, 0.15) is 23.9 Å². The fourth-order valence-electron chi connectivity index (χ4n) is 4.00. The van der Waals surface area contributed by atoms with Crippen molar-refractivity contribution in [2.24, 2.45) is 0 Å². The Labute approximate surface area is 214 Å². The first kappa shape index (κ1) is 23.7. The molecule has 0 bridgehead atoms. The molecule has 4 aromatic rings. The van der Waals surface area contributed by atoms with Gasteiger partial charge in [-0.3, -0.25) is 14.5 Å². The minimum absolute atomic E-state index is 0.0903. The van der Waals surface area contributed by atoms with Crippen molar-refractivity contribution in [1.82, 2.24) is 4.98 Å². The van der Waals surface area contributed by atoms with E-state index in [4.69, 9.17) is 16.3 Å². The lowest BCUT2D eigenvalue weighted by Gasteiger charge is -2.23. The quantitative estimate of drug-likeness (QED) is 0.140. The molecule has 1 saturated heterocycles. The maximum absolute atomic E-state index is 13.8. The van der Waals surface area contributed by atoms with Crippen LogP contribution in [0.1, 0.15) is 17.2 Å². The van der Waals surface area contributed by atoms with Gasteiger partial charge in [-0.25, -0.2) is 9.37 Å². The van der Waals surface area contributed by atoms with Crippen molar-refractivity contribution >= 4 is 55.7 Å². The highest BCUT2D eigenvalue weighted by molar-refractivity contribution is 7.22. The van der Waals surface area contributed by atoms with Crippen LogP contribution in [0.25, 0.3) is 16.0 Å². The second-order valence-corrected chi connectivity index (χ2v) is 9.40. The van der Waals surface area contributed by atoms with E-state index in [-0.39, 0.29) is 16.5 Å². The Kier molecular flexibility index (Phi) is 6.30. The summed E-state index contributed by atoms with van der Waals surface area (Å²) in [5.74, 6) is -1.90. The van der Waals surface area contributed by atoms with Crippen molar-refractivity contribution in [3.63, 3.8) is 0 Å². The van der Waals surface area contributed by atoms with Gasteiger partial charge in [-0.05, 0) is 60.2 Å². The molecule has 0 aliphatic carbocycles. The maximum atomic E-state index is 13.8. The first-order chi connectivity index (χ1) is 17.4. The number of benzene rings is 3. The van der Waals surface area contributed by atoms with Crippen LogP contribution in [-0.4, -0.2) is 28.4 Å². The molecular formula is C27H18ClFN2O4S. The fraction of sp³-hybridized carbons (Fsp3) is 0.0741. The highest BCUT2D eigenvalue weighted by Crippen LogP contribution is 2.44. The molecule has 1 aromatic heterocycles. The average Bonchev–Trinajstić information content (AvgIpc) is 3.40. The molecule has 1 amide bonds. The number of amides is 1. The van der Waals surface area contributed by atoms with Crippen LogP contribution >= 0.6 is 22.9 Å². The van der Waals surface area contributed by atoms with E-state index < -0.39 is 23.5 Å². The molecule has 0 spiro atoms. The van der Waals surface area contributed by atoms with Gasteiger partial charge in [0.25, 0.3) is 5.78 Å². The molecule has 0 saturated carbocycles. The number of carbonyl (C=O) groups excluding carboxylic acids is 2. The topological polar surface area (TPSA) is 79.7 Å². The average molecular weight is 521 g/mol. The summed E-state index contributed by atoms with van der Waals surface area (Å²) in [5.41, 5.74) is 1.29. The minimum atomic E-state index is -0.973. The van der Waals surface area contributed by atoms with Gasteiger partial charge >= 0.3 is 5.91 Å². The highest BCUT2D eigenvalue weighted by Gasteiger charge is 2.48. The molecule has 1 atom stereocenters. The van der Waals surface area contributed by atoms with Gasteiger partial charge in [0.15, 0.2) is 5.13 Å². The lowest BCUT2D eigenvalue weighted by atomic mass is 9.95. The molecule has 5 rings (SSSR count). The molecule has 9 heteroatoms. The number of aromatic nitrogens is 1. The van der Waals surface area contributed by atoms with Crippen molar-refractivity contribution in [2.75, 3.05) is 11.5 Å². The zero-order valence-corrected chi connectivity index (χ0v) is 20.2. The molecule has 1 aliphatic rings. The molecular weight excluding hydrogens is 503 g/mol. The number of fused-ring (bicyclic) bond motifs is 1. The third kappa shape index (κ3) is 4.25. The molecule has 3 aromatic carbocycles. The number of anilines is 1. The maximum Gasteiger partial charge on any atom is 0.301 e. The summed E-state index contributed by atoms with van der Waals surface area (Å²) in [4.78, 5) is 32.3. The number of halogens is 2. The molecule has 2 heterocycles. The number of rotatable bonds is 6. The Hall–Kier alpha value is -4.01. The van der Waals surface area contributed by atoms with Crippen molar-refractivity contribution in [3.05, 3.63) is 107 Å². The Bertz CT molecular complexity index is 1530. The lowest BCUT2D eigenvalue weighted by Crippen LogP contribution is -2.29. The summed E-state index contributed by atoms with van der Waals surface area (Å²) in [6, 6.07) is 16.3. The molecule has 1 unspecified atom stereocenters. The predicted molar refractivity (Wildman–Crippen MR) is 138 cm³/mol. The molecule has 1 aliphatic heterocycles. The molecule has 0 radical (unpaired) electrons. The number of hydrogen-bond acceptors (Lipinski definition) is 6. The number of aliphatic hydroxyl groups excluding tert-OH is 1. The van der Waals surface area contributed by atoms with Crippen LogP contribution in [0.3, 0.4) is 0 Å². The predicted octanol–water partition coefficient (Wildman–Crippen LogP) is 6.28. The van der Waals surface area contributed by atoms with E-state index in [0.717, 1.165) is 11.3 Å². The van der Waals surface area contributed by atoms with Crippen LogP contribution < -0.4 is 9.64 Å². The van der Waals surface area contributed by atoms with Crippen LogP contribution in [0.5, 0.6) is 5.75 Å². The van der Waals surface area contributed by atoms with E-state index in [1.807, 2.05) is 0 Å². The van der Waals surface area contributed by atoms with E-state index >= 15 is 0 Å². The van der Waals surface area contributed by atoms with Gasteiger partial charge < -0.3 is 9.84 Å². The second-order valence-electron chi connectivity index (χ2n) is 7.95. The van der Waals surface area contributed by atoms with Crippen molar-refractivity contribution in [3.8, 4) is 5.75 Å². The second kappa shape index (κ2) is 9.56. The molecule has 1 fully saturated rings. The number of ketones is 1. The lowest BCUT2D eigenvalue weighted by molar-refractivity contribution is -0.132. The minimum Gasteiger partial charge on any atom is -0.507 e. The first-order valence-electron chi connectivity index (χ1n) is 10.8. The van der Waals surface area contributed by atoms with Crippen LogP contribution in [0, 0.1) is 5.82 Å². The Balaban J connectivity index is 1.68. The molecule has 180 valence electrons. The SMILES string of the molecule is C=CCOc1ccc(C2/C(=C(\O)c3ccc(Cl)cc3)C(=O)C(=O)N2c2nc3ccc(F)cc3s2)cc1. The molecule has 6 nitrogen and oxygen atoms in total. The number of carbonyl (C=O) groups is 2. The Morgan fingerprint density at radius 3 is 2.56 bits per heavy atom. The van der Waals surface area contributed by atoms with E-state index in [1.54, 1.807) is 54.6 Å². The smallest absolute Gasteiger partial charge is 0.301 e. The molecule has 1 N–H and O–H groups in total. The van der Waals surface area contributed by atoms with Crippen molar-refractivity contribution < 1.29 is 23.8 Å². The standard InChI is InChI=1S/C27H18ClFN2O4S/c1-2-13-35-19-10-5-15(6-11-19)23-22(24(32)16-3-7-17(28)8-4-16)25(33)26(34)31(23)27-30-20-12-9-18(29)14-21(20)36-27/h2-12,14,23,32H,1,13H2/b24-22+. The molecule has 36 heavy (non-hydrogen) atoms. The zero-order valence-electron chi connectivity index (χ0n) is 18.7. The number of hydrogen-bond donors (Lipinski definition) is 1. The number of ether oxygens (including phenoxy) is 1. The summed E-state index contributed by atoms with van der Waals surface area (Å²) in [6.45, 7) is 3.94. The van der Waals surface area contributed by atoms with E-state index in [2.05, 4.69) is 11.6 Å². The number of Topliss-reactive ketones (excluding diaryl/α,β-unsaturated/α-hetero) is 1. The highest BCUT2D eigenvalue weighted by atomic mass is 35.5. The van der Waals surface area contributed by atoms with Gasteiger partial charge in [-0.15, -0.1) is 0 Å². The summed E-state index contributed by atoms with van der Waals surface area (Å²) in [5, 5.41) is 11.8. The van der Waals surface area contributed by atoms with Crippen molar-refractivity contribution in [1.29, 1.82) is 0 Å². The van der Waals surface area contributed by atoms with Gasteiger partial charge in [0, 0.05) is 10.6 Å². The summed E-state index contributed by atoms with van der Waals surface area (Å²) < 4.78 is 19.9. The van der Waals surface area contributed by atoms with Gasteiger partial charge in [-0.2, -0.15) is 0 Å². The first-order valence-corrected chi connectivity index (χ1v) is 12.0. The number of aliphatic hydroxyl groups is 1. The zero-order chi connectivity index (χ0) is 25.4. The van der Waals surface area contributed by atoms with Crippen molar-refractivity contribution in [2.45, 2.75) is 6.04 Å².